The van der Waals surface area contributed by atoms with Gasteiger partial charge in [-0.05, 0) is 61.8 Å². The van der Waals surface area contributed by atoms with Crippen molar-refractivity contribution in [3.05, 3.63) is 80.6 Å². The number of rotatable bonds is 5. The molecule has 6 nitrogen and oxygen atoms in total. The maximum atomic E-state index is 13.6. The third-order valence-corrected chi connectivity index (χ3v) is 8.07. The third-order valence-electron chi connectivity index (χ3n) is 6.69. The van der Waals surface area contributed by atoms with Gasteiger partial charge in [0.05, 0.1) is 17.0 Å². The van der Waals surface area contributed by atoms with Crippen LogP contribution in [0.25, 0.3) is 11.7 Å². The molecule has 35 heavy (non-hydrogen) atoms. The highest BCUT2D eigenvalue weighted by molar-refractivity contribution is 8.26. The molecule has 3 heterocycles. The minimum absolute atomic E-state index is 0.185. The Hall–Kier alpha value is -2.97. The molecular weight excluding hydrogens is 476 g/mol. The standard InChI is InChI=1S/C27H28N4O2S2/c1-17-8-11-20(12-9-17)28-24-21(25(32)30-15-18(2)10-13-23(30)29-24)14-22-26(33)31(27(34)35-22)16-19-6-4-3-5-7-19/h3-7,10,13-15,17,20,28H,8-9,11-12,16H2,1-2H3/b22-14+. The van der Waals surface area contributed by atoms with Crippen LogP contribution in [0.2, 0.25) is 0 Å². The van der Waals surface area contributed by atoms with Crippen LogP contribution in [0.3, 0.4) is 0 Å². The van der Waals surface area contributed by atoms with Crippen molar-refractivity contribution in [1.29, 1.82) is 0 Å². The molecule has 0 radical (unpaired) electrons. The molecular formula is C27H28N4O2S2. The number of aromatic nitrogens is 2. The van der Waals surface area contributed by atoms with Crippen LogP contribution in [0.4, 0.5) is 5.82 Å². The molecule has 1 amide bonds. The van der Waals surface area contributed by atoms with E-state index >= 15 is 0 Å². The Labute approximate surface area is 214 Å². The Morgan fingerprint density at radius 2 is 1.86 bits per heavy atom. The van der Waals surface area contributed by atoms with E-state index in [1.807, 2.05) is 49.4 Å². The highest BCUT2D eigenvalue weighted by Gasteiger charge is 2.33. The van der Waals surface area contributed by atoms with Gasteiger partial charge in [0.2, 0.25) is 0 Å². The molecule has 5 rings (SSSR count). The number of thioether (sulfide) groups is 1. The van der Waals surface area contributed by atoms with E-state index < -0.39 is 0 Å². The van der Waals surface area contributed by atoms with Crippen molar-refractivity contribution in [3.63, 3.8) is 0 Å². The second-order valence-corrected chi connectivity index (χ2v) is 11.1. The van der Waals surface area contributed by atoms with Gasteiger partial charge in [-0.2, -0.15) is 0 Å². The van der Waals surface area contributed by atoms with Crippen LogP contribution in [0.5, 0.6) is 0 Å². The fraction of sp³-hybridized carbons (Fsp3) is 0.333. The number of carbonyl (C=O) groups excluding carboxylic acids is 1. The SMILES string of the molecule is Cc1ccc2nc(NC3CCC(C)CC3)c(/C=C3/SC(=S)N(Cc4ccccc4)C3=O)c(=O)n2c1. The van der Waals surface area contributed by atoms with Gasteiger partial charge in [0.15, 0.2) is 0 Å². The first-order chi connectivity index (χ1) is 16.9. The number of pyridine rings is 1. The summed E-state index contributed by atoms with van der Waals surface area (Å²) in [6.07, 6.45) is 7.83. The minimum atomic E-state index is -0.196. The van der Waals surface area contributed by atoms with E-state index in [0.29, 0.717) is 32.8 Å². The highest BCUT2D eigenvalue weighted by Crippen LogP contribution is 2.34. The van der Waals surface area contributed by atoms with Gasteiger partial charge in [0, 0.05) is 12.2 Å². The number of fused-ring (bicyclic) bond motifs is 1. The van der Waals surface area contributed by atoms with E-state index in [9.17, 15) is 9.59 Å². The Morgan fingerprint density at radius 1 is 1.11 bits per heavy atom. The summed E-state index contributed by atoms with van der Waals surface area (Å²) >= 11 is 6.76. The van der Waals surface area contributed by atoms with Gasteiger partial charge < -0.3 is 5.32 Å². The van der Waals surface area contributed by atoms with Gasteiger partial charge in [-0.1, -0.05) is 67.3 Å². The summed E-state index contributed by atoms with van der Waals surface area (Å²) in [5.74, 6) is 1.07. The lowest BCUT2D eigenvalue weighted by atomic mass is 9.87. The molecule has 2 fully saturated rings. The fourth-order valence-corrected chi connectivity index (χ4v) is 5.87. The van der Waals surface area contributed by atoms with Gasteiger partial charge >= 0.3 is 0 Å². The van der Waals surface area contributed by atoms with Gasteiger partial charge in [-0.3, -0.25) is 18.9 Å². The van der Waals surface area contributed by atoms with Gasteiger partial charge in [-0.15, -0.1) is 0 Å². The molecule has 1 aliphatic carbocycles. The van der Waals surface area contributed by atoms with Crippen molar-refractivity contribution in [2.24, 2.45) is 5.92 Å². The molecule has 1 saturated heterocycles. The Bertz CT molecular complexity index is 1380. The zero-order valence-electron chi connectivity index (χ0n) is 19.9. The Balaban J connectivity index is 1.52. The van der Waals surface area contributed by atoms with Gasteiger partial charge in [-0.25, -0.2) is 4.98 Å². The van der Waals surface area contributed by atoms with E-state index in [-0.39, 0.29) is 17.5 Å². The maximum Gasteiger partial charge on any atom is 0.267 e. The lowest BCUT2D eigenvalue weighted by Crippen LogP contribution is -2.29. The number of aryl methyl sites for hydroxylation is 1. The summed E-state index contributed by atoms with van der Waals surface area (Å²) in [7, 11) is 0. The predicted octanol–water partition coefficient (Wildman–Crippen LogP) is 5.39. The number of thiocarbonyl (C=S) groups is 1. The Morgan fingerprint density at radius 3 is 2.60 bits per heavy atom. The largest absolute Gasteiger partial charge is 0.367 e. The van der Waals surface area contributed by atoms with Crippen LogP contribution in [0, 0.1) is 12.8 Å². The molecule has 0 atom stereocenters. The number of hydrogen-bond donors (Lipinski definition) is 1. The minimum Gasteiger partial charge on any atom is -0.367 e. The highest BCUT2D eigenvalue weighted by atomic mass is 32.2. The molecule has 1 aliphatic heterocycles. The molecule has 2 aromatic heterocycles. The van der Waals surface area contributed by atoms with E-state index in [0.717, 1.165) is 42.7 Å². The molecule has 0 spiro atoms. The number of hydrogen-bond acceptors (Lipinski definition) is 6. The molecule has 3 aromatic rings. The van der Waals surface area contributed by atoms with E-state index in [1.165, 1.54) is 11.8 Å². The summed E-state index contributed by atoms with van der Waals surface area (Å²) in [5, 5.41) is 3.53. The number of carbonyl (C=O) groups is 1. The van der Waals surface area contributed by atoms with E-state index in [4.69, 9.17) is 17.2 Å². The molecule has 180 valence electrons. The number of anilines is 1. The molecule has 1 saturated carbocycles. The van der Waals surface area contributed by atoms with Crippen LogP contribution in [-0.2, 0) is 11.3 Å². The first kappa shape index (κ1) is 23.8. The lowest BCUT2D eigenvalue weighted by molar-refractivity contribution is -0.122. The second-order valence-electron chi connectivity index (χ2n) is 9.47. The summed E-state index contributed by atoms with van der Waals surface area (Å²) in [5.41, 5.74) is 2.75. The predicted molar refractivity (Wildman–Crippen MR) is 146 cm³/mol. The average molecular weight is 505 g/mol. The first-order valence-electron chi connectivity index (χ1n) is 12.0. The van der Waals surface area contributed by atoms with Crippen LogP contribution in [0.15, 0.2) is 58.4 Å². The summed E-state index contributed by atoms with van der Waals surface area (Å²) in [4.78, 5) is 33.7. The van der Waals surface area contributed by atoms with Crippen molar-refractivity contribution in [3.8, 4) is 0 Å². The second kappa shape index (κ2) is 9.95. The normalized spacial score (nSPS) is 21.8. The van der Waals surface area contributed by atoms with Gasteiger partial charge in [0.1, 0.15) is 15.8 Å². The van der Waals surface area contributed by atoms with Crippen LogP contribution >= 0.6 is 24.0 Å². The molecule has 2 aliphatic rings. The first-order valence-corrected chi connectivity index (χ1v) is 13.2. The number of benzene rings is 1. The van der Waals surface area contributed by atoms with Crippen LogP contribution in [-0.4, -0.2) is 30.6 Å². The zero-order valence-corrected chi connectivity index (χ0v) is 21.5. The average Bonchev–Trinajstić information content (AvgIpc) is 3.11. The monoisotopic (exact) mass is 504 g/mol. The lowest BCUT2D eigenvalue weighted by Gasteiger charge is -2.27. The van der Waals surface area contributed by atoms with Crippen molar-refractivity contribution in [1.82, 2.24) is 14.3 Å². The van der Waals surface area contributed by atoms with E-state index in [2.05, 4.69) is 12.2 Å². The maximum absolute atomic E-state index is 13.6. The number of nitrogens with one attached hydrogen (secondary N) is 1. The zero-order chi connectivity index (χ0) is 24.5. The van der Waals surface area contributed by atoms with Crippen LogP contribution < -0.4 is 10.9 Å². The summed E-state index contributed by atoms with van der Waals surface area (Å²) < 4.78 is 2.05. The molecule has 8 heteroatoms. The quantitative estimate of drug-likeness (QED) is 0.371. The third kappa shape index (κ3) is 5.04. The van der Waals surface area contributed by atoms with Crippen molar-refractivity contribution < 1.29 is 4.79 Å². The smallest absolute Gasteiger partial charge is 0.267 e. The molecule has 1 N–H and O–H groups in total. The van der Waals surface area contributed by atoms with Crippen molar-refractivity contribution in [2.45, 2.75) is 52.1 Å². The van der Waals surface area contributed by atoms with Crippen LogP contribution in [0.1, 0.15) is 49.3 Å². The van der Waals surface area contributed by atoms with Crippen molar-refractivity contribution in [2.75, 3.05) is 5.32 Å². The molecule has 1 aromatic carbocycles. The summed E-state index contributed by atoms with van der Waals surface area (Å²) in [6, 6.07) is 13.8. The number of nitrogens with zero attached hydrogens (tertiary/aromatic N) is 3. The van der Waals surface area contributed by atoms with Gasteiger partial charge in [0.25, 0.3) is 11.5 Å². The fourth-order valence-electron chi connectivity index (χ4n) is 4.63. The summed E-state index contributed by atoms with van der Waals surface area (Å²) in [6.45, 7) is 4.63. The topological polar surface area (TPSA) is 66.7 Å². The van der Waals surface area contributed by atoms with E-state index in [1.54, 1.807) is 21.6 Å². The molecule has 0 bridgehead atoms. The number of amides is 1. The van der Waals surface area contributed by atoms with Crippen molar-refractivity contribution >= 4 is 51.7 Å². The Kier molecular flexibility index (Phi) is 6.75. The molecule has 0 unspecified atom stereocenters.